The van der Waals surface area contributed by atoms with Crippen LogP contribution in [0.25, 0.3) is 0 Å². The molecule has 1 nitrogen and oxygen atoms in total. The summed E-state index contributed by atoms with van der Waals surface area (Å²) in [5, 5.41) is 0. The van der Waals surface area contributed by atoms with Gasteiger partial charge in [0.1, 0.15) is 5.82 Å². The Morgan fingerprint density at radius 3 is 2.25 bits per heavy atom. The Kier molecular flexibility index (Phi) is 3.57. The molecule has 88 valence electrons. The van der Waals surface area contributed by atoms with Crippen LogP contribution in [0, 0.1) is 11.6 Å². The number of benzene rings is 1. The van der Waals surface area contributed by atoms with Crippen molar-refractivity contribution in [3.63, 3.8) is 0 Å². The van der Waals surface area contributed by atoms with Gasteiger partial charge in [0.25, 0.3) is 5.78 Å². The Labute approximate surface area is 91.6 Å². The molecule has 0 saturated heterocycles. The zero-order valence-corrected chi connectivity index (χ0v) is 8.68. The van der Waals surface area contributed by atoms with Crippen LogP contribution < -0.4 is 0 Å². The Hall–Kier alpha value is -1.11. The third-order valence-electron chi connectivity index (χ3n) is 1.76. The number of ketones is 1. The van der Waals surface area contributed by atoms with E-state index in [-0.39, 0.29) is 0 Å². The first kappa shape index (κ1) is 13.0. The summed E-state index contributed by atoms with van der Waals surface area (Å²) >= 11 is 0.595. The number of carbonyl (C=O) groups is 1. The van der Waals surface area contributed by atoms with Crippen molar-refractivity contribution < 1.29 is 26.7 Å². The second kappa shape index (κ2) is 4.40. The molecule has 0 aliphatic rings. The zero-order chi connectivity index (χ0) is 12.5. The number of rotatable bonds is 2. The first-order chi connectivity index (χ1) is 7.29. The SMILES string of the molecule is CSc1c(F)ccc(C(=O)C(F)(F)F)c1F. The van der Waals surface area contributed by atoms with Crippen LogP contribution in [0.2, 0.25) is 0 Å². The van der Waals surface area contributed by atoms with Gasteiger partial charge in [-0.3, -0.25) is 4.79 Å². The van der Waals surface area contributed by atoms with E-state index in [1.807, 2.05) is 0 Å². The van der Waals surface area contributed by atoms with Crippen molar-refractivity contribution >= 4 is 17.5 Å². The lowest BCUT2D eigenvalue weighted by Gasteiger charge is -2.08. The smallest absolute Gasteiger partial charge is 0.284 e. The molecule has 7 heteroatoms. The highest BCUT2D eigenvalue weighted by molar-refractivity contribution is 7.98. The molecule has 0 aromatic heterocycles. The van der Waals surface area contributed by atoms with E-state index in [0.717, 1.165) is 0 Å². The summed E-state index contributed by atoms with van der Waals surface area (Å²) < 4.78 is 62.4. The molecule has 0 unspecified atom stereocenters. The van der Waals surface area contributed by atoms with Crippen LogP contribution in [0.4, 0.5) is 22.0 Å². The maximum Gasteiger partial charge on any atom is 0.454 e. The molecule has 1 aromatic rings. The summed E-state index contributed by atoms with van der Waals surface area (Å²) in [5.41, 5.74) is -1.17. The summed E-state index contributed by atoms with van der Waals surface area (Å²) in [6, 6.07) is 1.12. The van der Waals surface area contributed by atoms with Gasteiger partial charge in [-0.25, -0.2) is 8.78 Å². The Morgan fingerprint density at radius 1 is 1.25 bits per heavy atom. The second-order valence-corrected chi connectivity index (χ2v) is 3.59. The average molecular weight is 256 g/mol. The highest BCUT2D eigenvalue weighted by Gasteiger charge is 2.41. The molecule has 0 aliphatic heterocycles. The van der Waals surface area contributed by atoms with Crippen LogP contribution in [0.15, 0.2) is 17.0 Å². The lowest BCUT2D eigenvalue weighted by molar-refractivity contribution is -0.0888. The monoisotopic (exact) mass is 256 g/mol. The lowest BCUT2D eigenvalue weighted by Crippen LogP contribution is -2.24. The number of alkyl halides is 3. The van der Waals surface area contributed by atoms with Crippen molar-refractivity contribution in [3.05, 3.63) is 29.3 Å². The minimum absolute atomic E-state index is 0.486. The molecular weight excluding hydrogens is 251 g/mol. The average Bonchev–Trinajstić information content (AvgIpc) is 2.16. The maximum absolute atomic E-state index is 13.3. The largest absolute Gasteiger partial charge is 0.454 e. The first-order valence-electron chi connectivity index (χ1n) is 3.92. The Bertz CT molecular complexity index is 427. The minimum atomic E-state index is -5.17. The standard InChI is InChI=1S/C9H5F5OS/c1-16-7-5(10)3-2-4(6(7)11)8(15)9(12,13)14/h2-3H,1H3. The molecule has 0 fully saturated rings. The van der Waals surface area contributed by atoms with Crippen molar-refractivity contribution in [2.24, 2.45) is 0 Å². The molecule has 0 bridgehead atoms. The predicted molar refractivity (Wildman–Crippen MR) is 48.5 cm³/mol. The summed E-state index contributed by atoms with van der Waals surface area (Å²) in [7, 11) is 0. The molecule has 0 amide bonds. The molecule has 0 atom stereocenters. The summed E-state index contributed by atoms with van der Waals surface area (Å²) in [6.45, 7) is 0. The Morgan fingerprint density at radius 2 is 1.81 bits per heavy atom. The van der Waals surface area contributed by atoms with Gasteiger partial charge in [-0.1, -0.05) is 0 Å². The molecular formula is C9H5F5OS. The fourth-order valence-electron chi connectivity index (χ4n) is 1.05. The van der Waals surface area contributed by atoms with Gasteiger partial charge in [0.05, 0.1) is 10.5 Å². The maximum atomic E-state index is 13.3. The Balaban J connectivity index is 3.32. The highest BCUT2D eigenvalue weighted by atomic mass is 32.2. The van der Waals surface area contributed by atoms with Crippen molar-refractivity contribution in [2.75, 3.05) is 6.26 Å². The molecule has 0 spiro atoms. The summed E-state index contributed by atoms with van der Waals surface area (Å²) in [4.78, 5) is 10.2. The van der Waals surface area contributed by atoms with E-state index in [4.69, 9.17) is 0 Å². The molecule has 0 aliphatic carbocycles. The van der Waals surface area contributed by atoms with Crippen molar-refractivity contribution in [3.8, 4) is 0 Å². The fraction of sp³-hybridized carbons (Fsp3) is 0.222. The number of halogens is 5. The van der Waals surface area contributed by atoms with Crippen LogP contribution in [0.1, 0.15) is 10.4 Å². The van der Waals surface area contributed by atoms with Crippen molar-refractivity contribution in [1.82, 2.24) is 0 Å². The van der Waals surface area contributed by atoms with Gasteiger partial charge < -0.3 is 0 Å². The number of carbonyl (C=O) groups excluding carboxylic acids is 1. The van der Waals surface area contributed by atoms with Crippen LogP contribution in [-0.4, -0.2) is 18.2 Å². The zero-order valence-electron chi connectivity index (χ0n) is 7.86. The van der Waals surface area contributed by atoms with E-state index in [1.165, 1.54) is 6.26 Å². The number of hydrogen-bond donors (Lipinski definition) is 0. The fourth-order valence-corrected chi connectivity index (χ4v) is 1.60. The van der Waals surface area contributed by atoms with Gasteiger partial charge in [0, 0.05) is 0 Å². The van der Waals surface area contributed by atoms with Crippen LogP contribution >= 0.6 is 11.8 Å². The molecule has 1 aromatic carbocycles. The van der Waals surface area contributed by atoms with E-state index in [0.29, 0.717) is 23.9 Å². The van der Waals surface area contributed by atoms with E-state index in [1.54, 1.807) is 0 Å². The van der Waals surface area contributed by atoms with Crippen LogP contribution in [-0.2, 0) is 0 Å². The predicted octanol–water partition coefficient (Wildman–Crippen LogP) is 3.43. The van der Waals surface area contributed by atoms with Gasteiger partial charge in [0.15, 0.2) is 5.82 Å². The molecule has 0 heterocycles. The van der Waals surface area contributed by atoms with Crippen LogP contribution in [0.3, 0.4) is 0 Å². The normalized spacial score (nSPS) is 11.6. The molecule has 16 heavy (non-hydrogen) atoms. The minimum Gasteiger partial charge on any atom is -0.284 e. The third kappa shape index (κ3) is 2.34. The molecule has 0 N–H and O–H groups in total. The van der Waals surface area contributed by atoms with Gasteiger partial charge in [-0.2, -0.15) is 13.2 Å². The highest BCUT2D eigenvalue weighted by Crippen LogP contribution is 2.29. The number of thioether (sulfide) groups is 1. The summed E-state index contributed by atoms with van der Waals surface area (Å²) in [6.07, 6.45) is -3.88. The van der Waals surface area contributed by atoms with Gasteiger partial charge >= 0.3 is 6.18 Å². The number of hydrogen-bond acceptors (Lipinski definition) is 2. The second-order valence-electron chi connectivity index (χ2n) is 2.77. The van der Waals surface area contributed by atoms with Gasteiger partial charge in [0.2, 0.25) is 0 Å². The van der Waals surface area contributed by atoms with Crippen molar-refractivity contribution in [2.45, 2.75) is 11.1 Å². The van der Waals surface area contributed by atoms with E-state index < -0.39 is 34.1 Å². The van der Waals surface area contributed by atoms with E-state index in [2.05, 4.69) is 0 Å². The van der Waals surface area contributed by atoms with Gasteiger partial charge in [-0.15, -0.1) is 11.8 Å². The van der Waals surface area contributed by atoms with E-state index in [9.17, 15) is 26.7 Å². The first-order valence-corrected chi connectivity index (χ1v) is 5.15. The number of Topliss-reactive ketones (excluding diaryl/α,β-unsaturated/α-hetero) is 1. The van der Waals surface area contributed by atoms with Crippen LogP contribution in [0.5, 0.6) is 0 Å². The summed E-state index contributed by atoms with van der Waals surface area (Å²) in [5.74, 6) is -4.79. The van der Waals surface area contributed by atoms with E-state index >= 15 is 0 Å². The molecule has 1 rings (SSSR count). The topological polar surface area (TPSA) is 17.1 Å². The lowest BCUT2D eigenvalue weighted by atomic mass is 10.1. The third-order valence-corrected chi connectivity index (χ3v) is 2.54. The molecule has 0 saturated carbocycles. The quantitative estimate of drug-likeness (QED) is 0.458. The van der Waals surface area contributed by atoms with Gasteiger partial charge in [-0.05, 0) is 18.4 Å². The van der Waals surface area contributed by atoms with Crippen molar-refractivity contribution in [1.29, 1.82) is 0 Å². The molecule has 0 radical (unpaired) electrons.